The lowest BCUT2D eigenvalue weighted by atomic mass is 10.1. The number of rotatable bonds is 5. The van der Waals surface area contributed by atoms with E-state index in [1.807, 2.05) is 13.8 Å². The largest absolute Gasteiger partial charge is 0.377 e. The Labute approximate surface area is 140 Å². The zero-order valence-corrected chi connectivity index (χ0v) is 14.3. The predicted octanol–water partition coefficient (Wildman–Crippen LogP) is 1.67. The van der Waals surface area contributed by atoms with Gasteiger partial charge in [0.25, 0.3) is 5.91 Å². The fourth-order valence-electron chi connectivity index (χ4n) is 2.85. The summed E-state index contributed by atoms with van der Waals surface area (Å²) in [4.78, 5) is 12.3. The van der Waals surface area contributed by atoms with Crippen LogP contribution < -0.4 is 5.32 Å². The molecule has 130 valence electrons. The highest BCUT2D eigenvalue weighted by atomic mass is 16.5. The first-order valence-electron chi connectivity index (χ1n) is 8.26. The summed E-state index contributed by atoms with van der Waals surface area (Å²) in [6, 6.07) is 1.78. The maximum atomic E-state index is 12.3. The van der Waals surface area contributed by atoms with Crippen LogP contribution in [0.4, 0.5) is 0 Å². The van der Waals surface area contributed by atoms with Gasteiger partial charge in [0.2, 0.25) is 5.76 Å². The van der Waals surface area contributed by atoms with Crippen LogP contribution in [0.3, 0.4) is 0 Å². The third-order valence-corrected chi connectivity index (χ3v) is 4.27. The number of hydrogen-bond donors (Lipinski definition) is 1. The van der Waals surface area contributed by atoms with Gasteiger partial charge in [-0.05, 0) is 18.8 Å². The summed E-state index contributed by atoms with van der Waals surface area (Å²) in [5.41, 5.74) is 0.788. The molecule has 0 saturated heterocycles. The van der Waals surface area contributed by atoms with E-state index in [0.29, 0.717) is 6.61 Å². The first kappa shape index (κ1) is 16.6. The highest BCUT2D eigenvalue weighted by Gasteiger charge is 2.23. The van der Waals surface area contributed by atoms with Crippen LogP contribution in [-0.4, -0.2) is 39.0 Å². The molecule has 1 amide bonds. The molecule has 3 rings (SSSR count). The molecule has 0 aliphatic carbocycles. The molecule has 8 heteroatoms. The van der Waals surface area contributed by atoms with Crippen LogP contribution in [0.1, 0.15) is 60.5 Å². The number of nitrogens with zero attached hydrogens (tertiary/aromatic N) is 4. The maximum Gasteiger partial charge on any atom is 0.290 e. The molecule has 1 aliphatic heterocycles. The van der Waals surface area contributed by atoms with E-state index in [1.54, 1.807) is 13.2 Å². The first-order chi connectivity index (χ1) is 11.6. The quantitative estimate of drug-likeness (QED) is 0.894. The van der Waals surface area contributed by atoms with Crippen LogP contribution in [-0.2, 0) is 24.3 Å². The highest BCUT2D eigenvalue weighted by Crippen LogP contribution is 2.17. The molecule has 0 spiro atoms. The number of hydrogen-bond acceptors (Lipinski definition) is 6. The molecule has 0 fully saturated rings. The van der Waals surface area contributed by atoms with Gasteiger partial charge in [0, 0.05) is 32.2 Å². The molecule has 0 bridgehead atoms. The average molecular weight is 333 g/mol. The summed E-state index contributed by atoms with van der Waals surface area (Å²) >= 11 is 0. The Balaban J connectivity index is 1.62. The third-order valence-electron chi connectivity index (χ3n) is 4.27. The second kappa shape index (κ2) is 7.12. The summed E-state index contributed by atoms with van der Waals surface area (Å²) in [7, 11) is 1.64. The monoisotopic (exact) mass is 333 g/mol. The molecule has 0 saturated carbocycles. The van der Waals surface area contributed by atoms with Crippen LogP contribution in [0.2, 0.25) is 0 Å². The third kappa shape index (κ3) is 3.48. The minimum atomic E-state index is -0.214. The van der Waals surface area contributed by atoms with Crippen molar-refractivity contribution in [3.8, 4) is 0 Å². The number of aryl methyl sites for hydroxylation is 1. The van der Waals surface area contributed by atoms with E-state index in [1.165, 1.54) is 0 Å². The first-order valence-corrected chi connectivity index (χ1v) is 8.26. The van der Waals surface area contributed by atoms with Gasteiger partial charge in [-0.15, -0.1) is 10.2 Å². The Hall–Kier alpha value is -2.22. The second-order valence-corrected chi connectivity index (χ2v) is 6.39. The standard InChI is InChI=1S/C16H23N5O3/c1-10(2)12-8-13(24-20-12)16(22)17-11-4-5-14-18-19-15(9-23-3)21(14)7-6-11/h8,10-11H,4-7,9H2,1-3H3,(H,17,22). The van der Waals surface area contributed by atoms with Crippen LogP contribution in [0.5, 0.6) is 0 Å². The molecule has 3 heterocycles. The molecule has 1 unspecified atom stereocenters. The van der Waals surface area contributed by atoms with Crippen molar-refractivity contribution in [3.05, 3.63) is 29.2 Å². The lowest BCUT2D eigenvalue weighted by molar-refractivity contribution is 0.0895. The lowest BCUT2D eigenvalue weighted by Crippen LogP contribution is -2.35. The second-order valence-electron chi connectivity index (χ2n) is 6.39. The molecule has 2 aromatic heterocycles. The van der Waals surface area contributed by atoms with E-state index in [2.05, 4.69) is 25.2 Å². The predicted molar refractivity (Wildman–Crippen MR) is 85.5 cm³/mol. The molecule has 0 radical (unpaired) electrons. The zero-order valence-electron chi connectivity index (χ0n) is 14.3. The number of aromatic nitrogens is 4. The van der Waals surface area contributed by atoms with Gasteiger partial charge in [0.05, 0.1) is 5.69 Å². The van der Waals surface area contributed by atoms with E-state index in [4.69, 9.17) is 9.26 Å². The van der Waals surface area contributed by atoms with Crippen molar-refractivity contribution in [2.75, 3.05) is 7.11 Å². The number of carbonyl (C=O) groups is 1. The molecule has 1 N–H and O–H groups in total. The number of nitrogens with one attached hydrogen (secondary N) is 1. The number of carbonyl (C=O) groups excluding carboxylic acids is 1. The Morgan fingerprint density at radius 1 is 1.46 bits per heavy atom. The molecule has 24 heavy (non-hydrogen) atoms. The van der Waals surface area contributed by atoms with Gasteiger partial charge >= 0.3 is 0 Å². The fourth-order valence-corrected chi connectivity index (χ4v) is 2.85. The van der Waals surface area contributed by atoms with Crippen molar-refractivity contribution in [2.24, 2.45) is 0 Å². The molecule has 1 aliphatic rings. The fraction of sp³-hybridized carbons (Fsp3) is 0.625. The Bertz CT molecular complexity index is 706. The van der Waals surface area contributed by atoms with Crippen molar-refractivity contribution in [1.82, 2.24) is 25.2 Å². The molecule has 8 nitrogen and oxygen atoms in total. The molecular weight excluding hydrogens is 310 g/mol. The minimum absolute atomic E-state index is 0.0715. The number of methoxy groups -OCH3 is 1. The van der Waals surface area contributed by atoms with Crippen molar-refractivity contribution in [1.29, 1.82) is 0 Å². The van der Waals surface area contributed by atoms with E-state index in [9.17, 15) is 4.79 Å². The normalized spacial score (nSPS) is 17.6. The maximum absolute atomic E-state index is 12.3. The van der Waals surface area contributed by atoms with Gasteiger partial charge < -0.3 is 19.1 Å². The van der Waals surface area contributed by atoms with Crippen molar-refractivity contribution in [3.63, 3.8) is 0 Å². The number of ether oxygens (including phenoxy) is 1. The van der Waals surface area contributed by atoms with E-state index in [0.717, 1.165) is 43.1 Å². The van der Waals surface area contributed by atoms with Gasteiger partial charge in [-0.25, -0.2) is 0 Å². The summed E-state index contributed by atoms with van der Waals surface area (Å²) in [5.74, 6) is 2.06. The van der Waals surface area contributed by atoms with Crippen LogP contribution in [0.15, 0.2) is 10.6 Å². The minimum Gasteiger partial charge on any atom is -0.377 e. The van der Waals surface area contributed by atoms with Crippen molar-refractivity contribution < 1.29 is 14.1 Å². The van der Waals surface area contributed by atoms with Gasteiger partial charge in [-0.2, -0.15) is 0 Å². The van der Waals surface area contributed by atoms with Crippen molar-refractivity contribution in [2.45, 2.75) is 58.2 Å². The number of fused-ring (bicyclic) bond motifs is 1. The Morgan fingerprint density at radius 2 is 2.29 bits per heavy atom. The highest BCUT2D eigenvalue weighted by molar-refractivity contribution is 5.91. The summed E-state index contributed by atoms with van der Waals surface area (Å²) in [5, 5.41) is 15.4. The van der Waals surface area contributed by atoms with Gasteiger partial charge in [0.15, 0.2) is 5.82 Å². The topological polar surface area (TPSA) is 95.1 Å². The average Bonchev–Trinajstić information content (AvgIpc) is 3.14. The van der Waals surface area contributed by atoms with E-state index in [-0.39, 0.29) is 23.6 Å². The molecule has 1 atom stereocenters. The molecular formula is C16H23N5O3. The lowest BCUT2D eigenvalue weighted by Gasteiger charge is -2.15. The van der Waals surface area contributed by atoms with E-state index >= 15 is 0 Å². The van der Waals surface area contributed by atoms with Crippen molar-refractivity contribution >= 4 is 5.91 Å². The number of amides is 1. The van der Waals surface area contributed by atoms with Crippen LogP contribution >= 0.6 is 0 Å². The zero-order chi connectivity index (χ0) is 17.1. The SMILES string of the molecule is COCc1nnc2n1CCC(NC(=O)c1cc(C(C)C)no1)CC2. The molecule has 2 aromatic rings. The van der Waals surface area contributed by atoms with Crippen LogP contribution in [0, 0.1) is 0 Å². The van der Waals surface area contributed by atoms with Crippen LogP contribution in [0.25, 0.3) is 0 Å². The van der Waals surface area contributed by atoms with E-state index < -0.39 is 0 Å². The summed E-state index contributed by atoms with van der Waals surface area (Å²) in [6.45, 7) is 5.23. The smallest absolute Gasteiger partial charge is 0.290 e. The summed E-state index contributed by atoms with van der Waals surface area (Å²) in [6.07, 6.45) is 2.41. The Morgan fingerprint density at radius 3 is 3.00 bits per heavy atom. The van der Waals surface area contributed by atoms with Gasteiger partial charge in [-0.1, -0.05) is 19.0 Å². The summed E-state index contributed by atoms with van der Waals surface area (Å²) < 4.78 is 12.4. The Kier molecular flexibility index (Phi) is 4.94. The van der Waals surface area contributed by atoms with Gasteiger partial charge in [-0.3, -0.25) is 4.79 Å². The van der Waals surface area contributed by atoms with Gasteiger partial charge in [0.1, 0.15) is 12.4 Å². The molecule has 0 aromatic carbocycles.